The van der Waals surface area contributed by atoms with Crippen LogP contribution in [0.2, 0.25) is 0 Å². The minimum Gasteiger partial charge on any atom is -0.376 e. The van der Waals surface area contributed by atoms with Crippen LogP contribution in [0, 0.1) is 17.5 Å². The van der Waals surface area contributed by atoms with Crippen LogP contribution in [-0.2, 0) is 11.2 Å². The van der Waals surface area contributed by atoms with Crippen LogP contribution in [0.5, 0.6) is 0 Å². The number of carbonyl (C=O) groups excluding carboxylic acids is 2. The summed E-state index contributed by atoms with van der Waals surface area (Å²) < 4.78 is 41.8. The Hall–Kier alpha value is -3.76. The number of primary amides is 1. The molecule has 0 aliphatic carbocycles. The average Bonchev–Trinajstić information content (AvgIpc) is 3.24. The van der Waals surface area contributed by atoms with Crippen molar-refractivity contribution < 1.29 is 27.9 Å². The van der Waals surface area contributed by atoms with Gasteiger partial charge in [0.25, 0.3) is 5.91 Å². The molecule has 0 spiro atoms. The van der Waals surface area contributed by atoms with Crippen molar-refractivity contribution >= 4 is 11.8 Å². The van der Waals surface area contributed by atoms with E-state index in [4.69, 9.17) is 5.73 Å². The van der Waals surface area contributed by atoms with E-state index in [1.165, 1.54) is 30.5 Å². The molecule has 1 aromatic heterocycles. The van der Waals surface area contributed by atoms with E-state index in [0.717, 1.165) is 12.1 Å². The van der Waals surface area contributed by atoms with E-state index in [1.807, 2.05) is 0 Å². The summed E-state index contributed by atoms with van der Waals surface area (Å²) in [5.41, 5.74) is 6.59. The van der Waals surface area contributed by atoms with Gasteiger partial charge in [-0.1, -0.05) is 12.1 Å². The zero-order valence-electron chi connectivity index (χ0n) is 18.5. The van der Waals surface area contributed by atoms with Crippen LogP contribution < -0.4 is 16.4 Å². The number of nitrogens with one attached hydrogen (secondary N) is 2. The molecule has 1 fully saturated rings. The summed E-state index contributed by atoms with van der Waals surface area (Å²) in [5.74, 6) is -3.42. The monoisotopic (exact) mass is 484 g/mol. The fraction of sp³-hybridized carbons (Fsp3) is 0.240. The number of halogens is 3. The van der Waals surface area contributed by atoms with Gasteiger partial charge in [0, 0.05) is 24.2 Å². The number of nitrogens with zero attached hydrogens (tertiary/aromatic N) is 1. The van der Waals surface area contributed by atoms with Crippen molar-refractivity contribution in [2.24, 2.45) is 5.73 Å². The highest BCUT2D eigenvalue weighted by molar-refractivity contribution is 5.94. The molecular weight excluding hydrogens is 461 g/mol. The Balaban J connectivity index is 1.75. The summed E-state index contributed by atoms with van der Waals surface area (Å²) in [6.45, 7) is 0. The number of rotatable bonds is 8. The first kappa shape index (κ1) is 24.4. The Bertz CT molecular complexity index is 1250. The Morgan fingerprint density at radius 1 is 1.17 bits per heavy atom. The third-order valence-corrected chi connectivity index (χ3v) is 5.86. The molecule has 0 bridgehead atoms. The highest BCUT2D eigenvalue weighted by Crippen LogP contribution is 2.31. The van der Waals surface area contributed by atoms with E-state index in [2.05, 4.69) is 15.6 Å². The lowest BCUT2D eigenvalue weighted by atomic mass is 9.94. The molecule has 1 aliphatic rings. The number of carbonyl (C=O) groups is 2. The van der Waals surface area contributed by atoms with Gasteiger partial charge in [0.1, 0.15) is 23.7 Å². The predicted molar refractivity (Wildman–Crippen MR) is 121 cm³/mol. The van der Waals surface area contributed by atoms with Gasteiger partial charge in [0.2, 0.25) is 5.91 Å². The van der Waals surface area contributed by atoms with Gasteiger partial charge < -0.3 is 16.2 Å². The molecule has 3 atom stereocenters. The maximum absolute atomic E-state index is 14.1. The maximum atomic E-state index is 14.1. The summed E-state index contributed by atoms with van der Waals surface area (Å²) >= 11 is 0. The van der Waals surface area contributed by atoms with Gasteiger partial charge in [-0.05, 0) is 54.3 Å². The number of pyridine rings is 1. The summed E-state index contributed by atoms with van der Waals surface area (Å²) in [7, 11) is 0. The normalized spacial score (nSPS) is 17.1. The Morgan fingerprint density at radius 2 is 1.91 bits per heavy atom. The fourth-order valence-electron chi connectivity index (χ4n) is 4.22. The number of benzene rings is 2. The molecule has 10 heteroatoms. The highest BCUT2D eigenvalue weighted by atomic mass is 19.1. The van der Waals surface area contributed by atoms with Gasteiger partial charge in [0.05, 0.1) is 23.3 Å². The predicted octanol–water partition coefficient (Wildman–Crippen LogP) is 2.74. The minimum absolute atomic E-state index is 0.0281. The fourth-order valence-corrected chi connectivity index (χ4v) is 4.22. The molecule has 1 aliphatic heterocycles. The number of nitrogens with two attached hydrogens (primary N) is 1. The van der Waals surface area contributed by atoms with E-state index in [-0.39, 0.29) is 24.3 Å². The van der Waals surface area contributed by atoms with Gasteiger partial charge >= 0.3 is 0 Å². The average molecular weight is 484 g/mol. The molecule has 1 unspecified atom stereocenters. The lowest BCUT2D eigenvalue weighted by Gasteiger charge is -2.27. The van der Waals surface area contributed by atoms with Gasteiger partial charge in [-0.25, -0.2) is 13.2 Å². The molecule has 3 aromatic rings. The summed E-state index contributed by atoms with van der Waals surface area (Å²) in [6, 6.07) is 8.95. The van der Waals surface area contributed by atoms with Crippen molar-refractivity contribution in [1.29, 1.82) is 0 Å². The van der Waals surface area contributed by atoms with E-state index in [0.29, 0.717) is 28.8 Å². The number of aliphatic hydroxyl groups is 1. The number of amides is 2. The first-order valence-corrected chi connectivity index (χ1v) is 10.9. The van der Waals surface area contributed by atoms with Crippen molar-refractivity contribution in [2.45, 2.75) is 37.6 Å². The molecule has 2 aromatic carbocycles. The first-order chi connectivity index (χ1) is 16.7. The number of hydrogen-bond donors (Lipinski definition) is 4. The molecule has 35 heavy (non-hydrogen) atoms. The molecule has 0 radical (unpaired) electrons. The standard InChI is InChI=1S/C25H23F3N4O3/c26-15-8-13(9-16(27)12-15)10-21(32-25(35)20-5-6-22(33)31-20)23-17(2-1-7-30-23)14-3-4-19(28)18(11-14)24(29)34/h1-4,7-9,11-12,20-21,25,32,35H,5-6,10H2,(H2,29,34)(H,31,33)/t20-,21+,25?/m1/s1. The summed E-state index contributed by atoms with van der Waals surface area (Å²) in [5, 5.41) is 16.5. The smallest absolute Gasteiger partial charge is 0.251 e. The molecular formula is C25H23F3N4O3. The lowest BCUT2D eigenvalue weighted by molar-refractivity contribution is -0.119. The van der Waals surface area contributed by atoms with E-state index in [1.54, 1.807) is 12.1 Å². The van der Waals surface area contributed by atoms with Crippen LogP contribution in [0.3, 0.4) is 0 Å². The van der Waals surface area contributed by atoms with Crippen LogP contribution in [0.4, 0.5) is 13.2 Å². The molecule has 0 saturated carbocycles. The second-order valence-electron chi connectivity index (χ2n) is 8.35. The van der Waals surface area contributed by atoms with E-state index in [9.17, 15) is 27.9 Å². The van der Waals surface area contributed by atoms with Gasteiger partial charge in [-0.2, -0.15) is 0 Å². The zero-order chi connectivity index (χ0) is 25.1. The number of aliphatic hydroxyl groups excluding tert-OH is 1. The second-order valence-corrected chi connectivity index (χ2v) is 8.35. The molecule has 5 N–H and O–H groups in total. The lowest BCUT2D eigenvalue weighted by Crippen LogP contribution is -2.47. The minimum atomic E-state index is -1.19. The van der Waals surface area contributed by atoms with Crippen LogP contribution >= 0.6 is 0 Å². The zero-order valence-corrected chi connectivity index (χ0v) is 18.5. The summed E-state index contributed by atoms with van der Waals surface area (Å²) in [4.78, 5) is 27.7. The Labute approximate surface area is 199 Å². The van der Waals surface area contributed by atoms with Crippen LogP contribution in [0.25, 0.3) is 11.1 Å². The van der Waals surface area contributed by atoms with Crippen LogP contribution in [0.15, 0.2) is 54.7 Å². The van der Waals surface area contributed by atoms with Gasteiger partial charge in [-0.15, -0.1) is 0 Å². The molecule has 2 heterocycles. The first-order valence-electron chi connectivity index (χ1n) is 10.9. The summed E-state index contributed by atoms with van der Waals surface area (Å²) in [6.07, 6.45) is 1.02. The van der Waals surface area contributed by atoms with Gasteiger partial charge in [-0.3, -0.25) is 19.9 Å². The molecule has 1 saturated heterocycles. The highest BCUT2D eigenvalue weighted by Gasteiger charge is 2.30. The molecule has 182 valence electrons. The van der Waals surface area contributed by atoms with Crippen molar-refractivity contribution in [3.63, 3.8) is 0 Å². The SMILES string of the molecule is NC(=O)c1cc(-c2cccnc2[C@H](Cc2cc(F)cc(F)c2)NC(O)[C@H]2CCC(=O)N2)ccc1F. The number of aromatic nitrogens is 1. The molecule has 4 rings (SSSR count). The van der Waals surface area contributed by atoms with Crippen LogP contribution in [-0.4, -0.2) is 34.2 Å². The topological polar surface area (TPSA) is 117 Å². The van der Waals surface area contributed by atoms with Crippen LogP contribution in [0.1, 0.15) is 40.5 Å². The largest absolute Gasteiger partial charge is 0.376 e. The maximum Gasteiger partial charge on any atom is 0.251 e. The van der Waals surface area contributed by atoms with E-state index >= 15 is 0 Å². The molecule has 7 nitrogen and oxygen atoms in total. The Morgan fingerprint density at radius 3 is 2.57 bits per heavy atom. The van der Waals surface area contributed by atoms with Crippen molar-refractivity contribution in [3.8, 4) is 11.1 Å². The van der Waals surface area contributed by atoms with Gasteiger partial charge in [0.15, 0.2) is 0 Å². The third kappa shape index (κ3) is 5.67. The van der Waals surface area contributed by atoms with Crippen molar-refractivity contribution in [2.75, 3.05) is 0 Å². The second kappa shape index (κ2) is 10.2. The third-order valence-electron chi connectivity index (χ3n) is 5.86. The molecule has 2 amide bonds. The quantitative estimate of drug-likeness (QED) is 0.367. The Kier molecular flexibility index (Phi) is 7.13. The van der Waals surface area contributed by atoms with E-state index < -0.39 is 41.7 Å². The number of hydrogen-bond acceptors (Lipinski definition) is 5. The van der Waals surface area contributed by atoms with Crippen molar-refractivity contribution in [3.05, 3.63) is 89.0 Å². The van der Waals surface area contributed by atoms with Crippen molar-refractivity contribution in [1.82, 2.24) is 15.6 Å².